The van der Waals surface area contributed by atoms with E-state index < -0.39 is 5.41 Å². The number of amides is 2. The Balaban J connectivity index is 1.48. The maximum Gasteiger partial charge on any atom is 0.255 e. The van der Waals surface area contributed by atoms with E-state index in [-0.39, 0.29) is 17.9 Å². The molecule has 2 atom stereocenters. The zero-order chi connectivity index (χ0) is 18.9. The molecule has 0 unspecified atom stereocenters. The van der Waals surface area contributed by atoms with E-state index in [1.54, 1.807) is 35.8 Å². The van der Waals surface area contributed by atoms with Gasteiger partial charge in [0.1, 0.15) is 0 Å². The first kappa shape index (κ1) is 17.7. The van der Waals surface area contributed by atoms with Gasteiger partial charge in [-0.3, -0.25) is 19.6 Å². The van der Waals surface area contributed by atoms with Crippen LogP contribution in [0.1, 0.15) is 34.6 Å². The first-order chi connectivity index (χ1) is 13.1. The van der Waals surface area contributed by atoms with Crippen LogP contribution in [0.5, 0.6) is 0 Å². The maximum absolute atomic E-state index is 13.1. The monoisotopic (exact) mass is 369 g/mol. The van der Waals surface area contributed by atoms with Crippen molar-refractivity contribution in [2.75, 3.05) is 19.7 Å². The maximum atomic E-state index is 13.1. The van der Waals surface area contributed by atoms with Crippen molar-refractivity contribution in [2.24, 2.45) is 5.41 Å². The van der Waals surface area contributed by atoms with E-state index in [2.05, 4.69) is 20.3 Å². The molecule has 2 aromatic heterocycles. The Morgan fingerprint density at radius 1 is 1.41 bits per heavy atom. The van der Waals surface area contributed by atoms with Gasteiger partial charge in [0.2, 0.25) is 5.91 Å². The normalized spacial score (nSPS) is 24.5. The van der Waals surface area contributed by atoms with E-state index in [0.29, 0.717) is 50.3 Å². The van der Waals surface area contributed by atoms with Gasteiger partial charge in [0.15, 0.2) is 0 Å². The van der Waals surface area contributed by atoms with Crippen molar-refractivity contribution in [3.63, 3.8) is 0 Å². The quantitative estimate of drug-likeness (QED) is 0.839. The van der Waals surface area contributed by atoms with Crippen LogP contribution < -0.4 is 5.32 Å². The number of hydrogen-bond acceptors (Lipinski definition) is 5. The SMILES string of the molecule is Cc1cnc(CNC(=O)[C@@]23CCO[C@@H]2CCN(C(=O)c2cc[nH]c2)C3)cn1. The third-order valence-corrected chi connectivity index (χ3v) is 5.47. The summed E-state index contributed by atoms with van der Waals surface area (Å²) in [5.41, 5.74) is 1.44. The van der Waals surface area contributed by atoms with E-state index in [0.717, 1.165) is 5.69 Å². The van der Waals surface area contributed by atoms with Crippen molar-refractivity contribution in [3.8, 4) is 0 Å². The molecular formula is C19H23N5O3. The summed E-state index contributed by atoms with van der Waals surface area (Å²) < 4.78 is 5.83. The van der Waals surface area contributed by atoms with Gasteiger partial charge in [-0.05, 0) is 25.8 Å². The Kier molecular flexibility index (Phi) is 4.65. The van der Waals surface area contributed by atoms with Crippen LogP contribution in [0.25, 0.3) is 0 Å². The van der Waals surface area contributed by atoms with Gasteiger partial charge in [-0.15, -0.1) is 0 Å². The van der Waals surface area contributed by atoms with Crippen LogP contribution in [0.4, 0.5) is 0 Å². The van der Waals surface area contributed by atoms with Crippen molar-refractivity contribution in [3.05, 3.63) is 47.8 Å². The van der Waals surface area contributed by atoms with E-state index in [4.69, 9.17) is 4.74 Å². The number of aromatic amines is 1. The molecule has 2 amide bonds. The number of aryl methyl sites for hydroxylation is 1. The zero-order valence-corrected chi connectivity index (χ0v) is 15.3. The van der Waals surface area contributed by atoms with Crippen LogP contribution >= 0.6 is 0 Å². The van der Waals surface area contributed by atoms with Gasteiger partial charge in [-0.25, -0.2) is 0 Å². The lowest BCUT2D eigenvalue weighted by Gasteiger charge is -2.42. The second kappa shape index (κ2) is 7.11. The second-order valence-electron chi connectivity index (χ2n) is 7.21. The van der Waals surface area contributed by atoms with Crippen molar-refractivity contribution >= 4 is 11.8 Å². The molecule has 4 heterocycles. The van der Waals surface area contributed by atoms with Gasteiger partial charge in [0.25, 0.3) is 5.91 Å². The number of likely N-dealkylation sites (tertiary alicyclic amines) is 1. The van der Waals surface area contributed by atoms with Crippen LogP contribution in [0, 0.1) is 12.3 Å². The summed E-state index contributed by atoms with van der Waals surface area (Å²) in [6.07, 6.45) is 7.87. The average molecular weight is 369 g/mol. The van der Waals surface area contributed by atoms with Gasteiger partial charge < -0.3 is 19.9 Å². The predicted molar refractivity (Wildman–Crippen MR) is 96.7 cm³/mol. The van der Waals surface area contributed by atoms with Gasteiger partial charge in [0, 0.05) is 38.3 Å². The van der Waals surface area contributed by atoms with Crippen LogP contribution in [-0.4, -0.2) is 57.5 Å². The van der Waals surface area contributed by atoms with Crippen LogP contribution in [0.3, 0.4) is 0 Å². The third kappa shape index (κ3) is 3.32. The highest BCUT2D eigenvalue weighted by Crippen LogP contribution is 2.41. The molecule has 0 saturated carbocycles. The minimum atomic E-state index is -0.706. The highest BCUT2D eigenvalue weighted by atomic mass is 16.5. The van der Waals surface area contributed by atoms with Crippen molar-refractivity contribution in [1.82, 2.24) is 25.2 Å². The predicted octanol–water partition coefficient (Wildman–Crippen LogP) is 1.05. The number of nitrogens with one attached hydrogen (secondary N) is 2. The minimum absolute atomic E-state index is 0.0572. The Morgan fingerprint density at radius 2 is 2.30 bits per heavy atom. The molecule has 2 aliphatic rings. The van der Waals surface area contributed by atoms with Crippen LogP contribution in [0.2, 0.25) is 0 Å². The molecule has 8 nitrogen and oxygen atoms in total. The number of fused-ring (bicyclic) bond motifs is 1. The molecule has 0 radical (unpaired) electrons. The van der Waals surface area contributed by atoms with Crippen molar-refractivity contribution < 1.29 is 14.3 Å². The lowest BCUT2D eigenvalue weighted by Crippen LogP contribution is -2.58. The number of aromatic nitrogens is 3. The number of rotatable bonds is 4. The minimum Gasteiger partial charge on any atom is -0.377 e. The summed E-state index contributed by atoms with van der Waals surface area (Å²) in [6.45, 7) is 3.67. The second-order valence-corrected chi connectivity index (χ2v) is 7.21. The average Bonchev–Trinajstić information content (AvgIpc) is 3.36. The summed E-state index contributed by atoms with van der Waals surface area (Å²) in [4.78, 5) is 39.0. The molecule has 0 aromatic carbocycles. The number of ether oxygens (including phenoxy) is 1. The summed E-state index contributed by atoms with van der Waals surface area (Å²) in [5, 5.41) is 2.98. The van der Waals surface area contributed by atoms with Crippen LogP contribution in [-0.2, 0) is 16.1 Å². The molecule has 4 rings (SSSR count). The summed E-state index contributed by atoms with van der Waals surface area (Å²) in [5.74, 6) is -0.142. The number of piperidine rings is 1. The van der Waals surface area contributed by atoms with E-state index in [1.165, 1.54) is 0 Å². The zero-order valence-electron chi connectivity index (χ0n) is 15.3. The van der Waals surface area contributed by atoms with Crippen molar-refractivity contribution in [2.45, 2.75) is 32.4 Å². The third-order valence-electron chi connectivity index (χ3n) is 5.47. The van der Waals surface area contributed by atoms with Gasteiger partial charge in [-0.1, -0.05) is 0 Å². The molecule has 8 heteroatoms. The van der Waals surface area contributed by atoms with E-state index in [9.17, 15) is 9.59 Å². The first-order valence-corrected chi connectivity index (χ1v) is 9.18. The topological polar surface area (TPSA) is 100 Å². The Bertz CT molecular complexity index is 820. The first-order valence-electron chi connectivity index (χ1n) is 9.18. The van der Waals surface area contributed by atoms with Crippen molar-refractivity contribution in [1.29, 1.82) is 0 Å². The smallest absolute Gasteiger partial charge is 0.255 e. The Hall–Kier alpha value is -2.74. The van der Waals surface area contributed by atoms with E-state index in [1.807, 2.05) is 6.92 Å². The summed E-state index contributed by atoms with van der Waals surface area (Å²) in [7, 11) is 0. The Morgan fingerprint density at radius 3 is 3.04 bits per heavy atom. The molecule has 2 aliphatic heterocycles. The molecule has 2 saturated heterocycles. The van der Waals surface area contributed by atoms with Gasteiger partial charge in [0.05, 0.1) is 41.2 Å². The molecule has 0 spiro atoms. The van der Waals surface area contributed by atoms with Gasteiger partial charge in [-0.2, -0.15) is 0 Å². The number of nitrogens with zero attached hydrogens (tertiary/aromatic N) is 3. The van der Waals surface area contributed by atoms with Gasteiger partial charge >= 0.3 is 0 Å². The fraction of sp³-hybridized carbons (Fsp3) is 0.474. The highest BCUT2D eigenvalue weighted by Gasteiger charge is 2.54. The van der Waals surface area contributed by atoms with E-state index >= 15 is 0 Å². The molecule has 2 aromatic rings. The number of H-pyrrole nitrogens is 1. The lowest BCUT2D eigenvalue weighted by atomic mass is 9.75. The largest absolute Gasteiger partial charge is 0.377 e. The molecule has 0 bridgehead atoms. The fourth-order valence-electron chi connectivity index (χ4n) is 3.94. The standard InChI is InChI=1S/C19H23N5O3/c1-13-8-22-15(10-21-13)11-23-18(26)19-4-7-27-16(19)3-6-24(12-19)17(25)14-2-5-20-9-14/h2,5,8-10,16,20H,3-4,6-7,11-12H2,1H3,(H,23,26)/t16-,19-/m1/s1. The molecule has 27 heavy (non-hydrogen) atoms. The molecular weight excluding hydrogens is 346 g/mol. The lowest BCUT2D eigenvalue weighted by molar-refractivity contribution is -0.138. The Labute approximate surface area is 157 Å². The molecule has 2 fully saturated rings. The highest BCUT2D eigenvalue weighted by molar-refractivity contribution is 5.95. The number of hydrogen-bond donors (Lipinski definition) is 2. The fourth-order valence-corrected chi connectivity index (χ4v) is 3.94. The number of carbonyl (C=O) groups is 2. The molecule has 0 aliphatic carbocycles. The number of carbonyl (C=O) groups excluding carboxylic acids is 2. The molecule has 142 valence electrons. The summed E-state index contributed by atoms with van der Waals surface area (Å²) >= 11 is 0. The molecule has 2 N–H and O–H groups in total. The van der Waals surface area contributed by atoms with Crippen LogP contribution in [0.15, 0.2) is 30.9 Å². The summed E-state index contributed by atoms with van der Waals surface area (Å²) in [6, 6.07) is 1.75.